The third-order valence-corrected chi connectivity index (χ3v) is 10.9. The number of quaternary nitrogens is 1. The molecule has 3 atom stereocenters. The average Bonchev–Trinajstić information content (AvgIpc) is 3.14. The Hall–Kier alpha value is -1.79. The van der Waals surface area contributed by atoms with Gasteiger partial charge in [0.25, 0.3) is 0 Å². The van der Waals surface area contributed by atoms with E-state index in [-0.39, 0.29) is 16.4 Å². The molecule has 3 unspecified atom stereocenters. The van der Waals surface area contributed by atoms with Gasteiger partial charge in [0.2, 0.25) is 22.9 Å². The summed E-state index contributed by atoms with van der Waals surface area (Å²) in [6.45, 7) is 9.73. The van der Waals surface area contributed by atoms with Gasteiger partial charge < -0.3 is 19.1 Å². The van der Waals surface area contributed by atoms with Crippen LogP contribution in [0.3, 0.4) is 0 Å². The molecule has 0 saturated heterocycles. The van der Waals surface area contributed by atoms with Crippen molar-refractivity contribution in [1.82, 2.24) is 0 Å². The van der Waals surface area contributed by atoms with Crippen LogP contribution >= 0.6 is 0 Å². The Bertz CT molecular complexity index is 1000. The lowest BCUT2D eigenvalue weighted by atomic mass is 10.1. The van der Waals surface area contributed by atoms with Crippen molar-refractivity contribution in [2.45, 2.75) is 233 Å². The van der Waals surface area contributed by atoms with Crippen molar-refractivity contribution < 1.29 is 45.8 Å². The molecule has 0 rings (SSSR count). The number of rotatable bonds is 36. The molecule has 0 fully saturated rings. The highest BCUT2D eigenvalue weighted by Crippen LogP contribution is 2.24. The van der Waals surface area contributed by atoms with Gasteiger partial charge in [0.05, 0.1) is 14.2 Å². The Balaban J connectivity index is 0. The number of esters is 2. The van der Waals surface area contributed by atoms with Gasteiger partial charge in [-0.3, -0.25) is 13.8 Å². The zero-order valence-corrected chi connectivity index (χ0v) is 37.2. The second-order valence-corrected chi connectivity index (χ2v) is 16.4. The van der Waals surface area contributed by atoms with Crippen molar-refractivity contribution in [2.75, 3.05) is 14.2 Å². The summed E-state index contributed by atoms with van der Waals surface area (Å²) in [6, 6.07) is 0. The summed E-state index contributed by atoms with van der Waals surface area (Å²) >= 11 is 0. The predicted octanol–water partition coefficient (Wildman–Crippen LogP) is 11.7. The standard InChI is InChI=1S/C43H82NO5.CH4O4S/c1-7-9-11-13-15-17-19-21-23-25-27-29-31-33-35-37-42(46)48-40(4)44(6,39(3)45)41(5)49-43(47)38-36-34-32-30-28-26-24-22-20-18-16-14-12-10-8-2;1-5-6(2,3)4/h21-24,39-41,45H,7-20,25-38H2,1-6H3;1H3,(H,2,3,4)/q+1;/p-1/b23-21-,24-22-;. The fourth-order valence-corrected chi connectivity index (χ4v) is 6.31. The number of ether oxygens (including phenoxy) is 2. The molecule has 1 N–H and O–H groups in total. The third kappa shape index (κ3) is 35.1. The van der Waals surface area contributed by atoms with Crippen LogP contribution < -0.4 is 0 Å². The fraction of sp³-hybridized carbons (Fsp3) is 0.864. The number of allylic oxidation sites excluding steroid dienone is 4. The van der Waals surface area contributed by atoms with E-state index in [0.29, 0.717) is 12.8 Å². The maximum atomic E-state index is 12.6. The van der Waals surface area contributed by atoms with Crippen LogP contribution in [0.5, 0.6) is 0 Å². The number of unbranched alkanes of at least 4 members (excludes halogenated alkanes) is 22. The first-order valence-electron chi connectivity index (χ1n) is 22.0. The Kier molecular flexibility index (Phi) is 38.0. The molecule has 0 saturated carbocycles. The van der Waals surface area contributed by atoms with E-state index < -0.39 is 29.1 Å². The maximum absolute atomic E-state index is 12.6. The van der Waals surface area contributed by atoms with Gasteiger partial charge in [-0.15, -0.1) is 0 Å². The van der Waals surface area contributed by atoms with Gasteiger partial charge in [0, 0.05) is 33.6 Å². The topological polar surface area (TPSA) is 139 Å². The second kappa shape index (κ2) is 37.8. The highest BCUT2D eigenvalue weighted by molar-refractivity contribution is 7.80. The molecule has 326 valence electrons. The van der Waals surface area contributed by atoms with E-state index in [1.54, 1.807) is 27.8 Å². The summed E-state index contributed by atoms with van der Waals surface area (Å²) in [7, 11) is -1.82. The van der Waals surface area contributed by atoms with Crippen LogP contribution in [0, 0.1) is 0 Å². The Morgan fingerprint density at radius 2 is 0.818 bits per heavy atom. The van der Waals surface area contributed by atoms with Crippen molar-refractivity contribution in [1.29, 1.82) is 0 Å². The van der Waals surface area contributed by atoms with E-state index in [0.717, 1.165) is 58.5 Å². The monoisotopic (exact) mass is 804 g/mol. The van der Waals surface area contributed by atoms with Crippen molar-refractivity contribution in [3.63, 3.8) is 0 Å². The van der Waals surface area contributed by atoms with Crippen LogP contribution in [0.4, 0.5) is 0 Å². The predicted molar refractivity (Wildman–Crippen MR) is 225 cm³/mol. The van der Waals surface area contributed by atoms with Gasteiger partial charge in [0.1, 0.15) is 0 Å². The first-order chi connectivity index (χ1) is 26.3. The number of hydrogen-bond donors (Lipinski definition) is 1. The number of nitrogens with zero attached hydrogens (tertiary/aromatic N) is 1. The van der Waals surface area contributed by atoms with Crippen LogP contribution in [-0.4, -0.2) is 67.3 Å². The zero-order chi connectivity index (χ0) is 41.6. The summed E-state index contributed by atoms with van der Waals surface area (Å²) in [5.74, 6) is -0.524. The number of hydrogen-bond acceptors (Lipinski definition) is 9. The number of aliphatic hydroxyl groups is 1. The molecule has 0 bridgehead atoms. The summed E-state index contributed by atoms with van der Waals surface area (Å²) in [6.07, 6.45) is 39.5. The highest BCUT2D eigenvalue weighted by atomic mass is 32.3. The molecule has 0 aromatic carbocycles. The molecule has 0 aliphatic rings. The minimum absolute atomic E-state index is 0.0871. The lowest BCUT2D eigenvalue weighted by molar-refractivity contribution is -1.02. The van der Waals surface area contributed by atoms with Gasteiger partial charge in [-0.05, 0) is 64.2 Å². The first kappa shape index (κ1) is 55.3. The fourth-order valence-electron chi connectivity index (χ4n) is 6.31. The van der Waals surface area contributed by atoms with Gasteiger partial charge in [-0.1, -0.05) is 141 Å². The minimum Gasteiger partial charge on any atom is -0.726 e. The van der Waals surface area contributed by atoms with E-state index in [1.165, 1.54) is 116 Å². The summed E-state index contributed by atoms with van der Waals surface area (Å²) in [5.41, 5.74) is 0. The summed E-state index contributed by atoms with van der Waals surface area (Å²) < 4.78 is 42.4. The second-order valence-electron chi connectivity index (χ2n) is 15.3. The molecule has 10 nitrogen and oxygen atoms in total. The van der Waals surface area contributed by atoms with Crippen molar-refractivity contribution >= 4 is 22.3 Å². The molecular formula is C44H85NO9S. The molecule has 0 aliphatic carbocycles. The number of carbonyl (C=O) groups is 2. The van der Waals surface area contributed by atoms with E-state index >= 15 is 0 Å². The number of aliphatic hydroxyl groups excluding tert-OH is 1. The van der Waals surface area contributed by atoms with Crippen molar-refractivity contribution in [3.05, 3.63) is 24.3 Å². The normalized spacial score (nSPS) is 14.6. The van der Waals surface area contributed by atoms with Gasteiger partial charge in [0.15, 0.2) is 6.23 Å². The van der Waals surface area contributed by atoms with Crippen LogP contribution in [0.1, 0.15) is 214 Å². The molecule has 0 radical (unpaired) electrons. The first-order valence-corrected chi connectivity index (χ1v) is 23.3. The van der Waals surface area contributed by atoms with E-state index in [9.17, 15) is 27.7 Å². The van der Waals surface area contributed by atoms with Crippen LogP contribution in [0.15, 0.2) is 24.3 Å². The molecule has 0 amide bonds. The van der Waals surface area contributed by atoms with Crippen LogP contribution in [0.25, 0.3) is 0 Å². The largest absolute Gasteiger partial charge is 0.726 e. The van der Waals surface area contributed by atoms with Gasteiger partial charge >= 0.3 is 11.9 Å². The summed E-state index contributed by atoms with van der Waals surface area (Å²) in [4.78, 5) is 25.3. The van der Waals surface area contributed by atoms with E-state index in [1.807, 2.05) is 0 Å². The third-order valence-electron chi connectivity index (χ3n) is 10.5. The molecule has 0 aromatic heterocycles. The quantitative estimate of drug-likeness (QED) is 0.0125. The summed E-state index contributed by atoms with van der Waals surface area (Å²) in [5, 5.41) is 10.7. The smallest absolute Gasteiger partial charge is 0.310 e. The Labute approximate surface area is 338 Å². The van der Waals surface area contributed by atoms with Crippen molar-refractivity contribution in [2.24, 2.45) is 0 Å². The molecule has 11 heteroatoms. The lowest BCUT2D eigenvalue weighted by Crippen LogP contribution is -2.63. The molecule has 0 spiro atoms. The highest BCUT2D eigenvalue weighted by Gasteiger charge is 2.43. The molecule has 0 aromatic rings. The van der Waals surface area contributed by atoms with Crippen molar-refractivity contribution in [3.8, 4) is 0 Å². The van der Waals surface area contributed by atoms with E-state index in [2.05, 4.69) is 42.3 Å². The average molecular weight is 804 g/mol. The van der Waals surface area contributed by atoms with Gasteiger partial charge in [-0.2, -0.15) is 0 Å². The van der Waals surface area contributed by atoms with Crippen LogP contribution in [0.2, 0.25) is 0 Å². The zero-order valence-electron chi connectivity index (χ0n) is 36.4. The SMILES string of the molecule is CCCCCCCC/C=C\CCCCCCCC(=O)OC(C)[N+](C)(C(C)O)C(C)OC(=O)CCCCCCC/C=C\CCCCCCCC.COS(=O)(=O)[O-]. The van der Waals surface area contributed by atoms with Gasteiger partial charge in [-0.25, -0.2) is 12.9 Å². The van der Waals surface area contributed by atoms with Crippen LogP contribution in [-0.2, 0) is 33.6 Å². The molecule has 0 heterocycles. The minimum atomic E-state index is -4.41. The molecule has 0 aliphatic heterocycles. The molecular weight excluding hydrogens is 719 g/mol. The maximum Gasteiger partial charge on any atom is 0.310 e. The Morgan fingerprint density at radius 3 is 1.07 bits per heavy atom. The lowest BCUT2D eigenvalue weighted by Gasteiger charge is -2.44. The number of carbonyl (C=O) groups excluding carboxylic acids is 2. The molecule has 55 heavy (non-hydrogen) atoms. The van der Waals surface area contributed by atoms with E-state index in [4.69, 9.17) is 9.47 Å². The Morgan fingerprint density at radius 1 is 0.564 bits per heavy atom.